The molecular formula is C16H21NO3. The molecule has 0 spiro atoms. The van der Waals surface area contributed by atoms with Crippen LogP contribution in [0.25, 0.3) is 0 Å². The van der Waals surface area contributed by atoms with Crippen LogP contribution in [-0.2, 0) is 20.7 Å². The number of benzene rings is 1. The number of nitrogens with zero attached hydrogens (tertiary/aromatic N) is 1. The van der Waals surface area contributed by atoms with Gasteiger partial charge < -0.3 is 9.64 Å². The minimum Gasteiger partial charge on any atom is -0.466 e. The zero-order valence-electron chi connectivity index (χ0n) is 11.9. The maximum atomic E-state index is 12.3. The van der Waals surface area contributed by atoms with Gasteiger partial charge in [-0.25, -0.2) is 0 Å². The lowest BCUT2D eigenvalue weighted by atomic mass is 10.1. The highest BCUT2D eigenvalue weighted by atomic mass is 16.5. The number of rotatable bonds is 4. The van der Waals surface area contributed by atoms with Gasteiger partial charge in [0.05, 0.1) is 13.0 Å². The van der Waals surface area contributed by atoms with Crippen LogP contribution in [-0.4, -0.2) is 25.0 Å². The number of para-hydroxylation sites is 1. The zero-order chi connectivity index (χ0) is 14.4. The minimum absolute atomic E-state index is 0.00685. The van der Waals surface area contributed by atoms with Crippen LogP contribution in [0.2, 0.25) is 0 Å². The molecule has 2 rings (SSSR count). The topological polar surface area (TPSA) is 46.6 Å². The van der Waals surface area contributed by atoms with Gasteiger partial charge >= 0.3 is 5.97 Å². The van der Waals surface area contributed by atoms with E-state index in [1.165, 1.54) is 5.56 Å². The van der Waals surface area contributed by atoms with E-state index in [4.69, 9.17) is 4.74 Å². The molecule has 0 aliphatic carbocycles. The van der Waals surface area contributed by atoms with Crippen LogP contribution in [0.3, 0.4) is 0 Å². The van der Waals surface area contributed by atoms with E-state index >= 15 is 0 Å². The van der Waals surface area contributed by atoms with Crippen molar-refractivity contribution in [3.63, 3.8) is 0 Å². The fourth-order valence-electron chi connectivity index (χ4n) is 2.53. The number of amides is 1. The van der Waals surface area contributed by atoms with E-state index in [-0.39, 0.29) is 24.7 Å². The Labute approximate surface area is 119 Å². The zero-order valence-corrected chi connectivity index (χ0v) is 11.9. The van der Waals surface area contributed by atoms with Crippen LogP contribution in [0.1, 0.15) is 38.2 Å². The molecule has 0 N–H and O–H groups in total. The highest BCUT2D eigenvalue weighted by molar-refractivity contribution is 5.95. The number of aryl methyl sites for hydroxylation is 1. The Morgan fingerprint density at radius 2 is 2.00 bits per heavy atom. The van der Waals surface area contributed by atoms with Crippen LogP contribution in [0.15, 0.2) is 24.3 Å². The molecule has 4 heteroatoms. The summed E-state index contributed by atoms with van der Waals surface area (Å²) < 4.78 is 4.86. The molecule has 20 heavy (non-hydrogen) atoms. The third kappa shape index (κ3) is 3.59. The summed E-state index contributed by atoms with van der Waals surface area (Å²) >= 11 is 0. The van der Waals surface area contributed by atoms with Crippen molar-refractivity contribution < 1.29 is 14.3 Å². The molecule has 1 heterocycles. The summed E-state index contributed by atoms with van der Waals surface area (Å²) in [6.45, 7) is 2.86. The molecule has 1 aliphatic heterocycles. The monoisotopic (exact) mass is 275 g/mol. The number of carbonyl (C=O) groups is 2. The third-order valence-corrected chi connectivity index (χ3v) is 3.51. The predicted octanol–water partition coefficient (Wildman–Crippen LogP) is 2.70. The molecule has 0 atom stereocenters. The van der Waals surface area contributed by atoms with E-state index in [0.717, 1.165) is 31.5 Å². The van der Waals surface area contributed by atoms with Crippen molar-refractivity contribution in [1.82, 2.24) is 0 Å². The molecule has 0 fully saturated rings. The summed E-state index contributed by atoms with van der Waals surface area (Å²) in [5, 5.41) is 0. The van der Waals surface area contributed by atoms with Gasteiger partial charge in [-0.05, 0) is 37.8 Å². The average molecular weight is 275 g/mol. The molecule has 1 amide bonds. The van der Waals surface area contributed by atoms with Crippen molar-refractivity contribution in [3.05, 3.63) is 29.8 Å². The minimum atomic E-state index is -0.302. The summed E-state index contributed by atoms with van der Waals surface area (Å²) in [6.07, 6.45) is 3.48. The fourth-order valence-corrected chi connectivity index (χ4v) is 2.53. The van der Waals surface area contributed by atoms with E-state index < -0.39 is 0 Å². The first-order chi connectivity index (χ1) is 9.72. The van der Waals surface area contributed by atoms with Gasteiger partial charge in [-0.3, -0.25) is 9.59 Å². The quantitative estimate of drug-likeness (QED) is 0.794. The number of esters is 1. The highest BCUT2D eigenvalue weighted by Crippen LogP contribution is 2.26. The molecule has 0 saturated heterocycles. The second-order valence-corrected chi connectivity index (χ2v) is 4.94. The number of ether oxygens (including phenoxy) is 1. The van der Waals surface area contributed by atoms with Gasteiger partial charge in [0.1, 0.15) is 0 Å². The van der Waals surface area contributed by atoms with Gasteiger partial charge in [0.15, 0.2) is 0 Å². The maximum absolute atomic E-state index is 12.3. The Balaban J connectivity index is 2.04. The van der Waals surface area contributed by atoms with E-state index in [0.29, 0.717) is 6.61 Å². The van der Waals surface area contributed by atoms with E-state index in [1.54, 1.807) is 6.92 Å². The van der Waals surface area contributed by atoms with E-state index in [9.17, 15) is 9.59 Å². The first kappa shape index (κ1) is 14.6. The van der Waals surface area contributed by atoms with Crippen molar-refractivity contribution in [1.29, 1.82) is 0 Å². The lowest BCUT2D eigenvalue weighted by Crippen LogP contribution is -2.32. The molecule has 0 radical (unpaired) electrons. The summed E-state index contributed by atoms with van der Waals surface area (Å²) in [6, 6.07) is 8.02. The van der Waals surface area contributed by atoms with Crippen LogP contribution in [0, 0.1) is 0 Å². The van der Waals surface area contributed by atoms with E-state index in [1.807, 2.05) is 23.1 Å². The number of carbonyl (C=O) groups excluding carboxylic acids is 2. The number of fused-ring (bicyclic) bond motifs is 1. The van der Waals surface area contributed by atoms with Gasteiger partial charge in [0.2, 0.25) is 5.91 Å². The molecule has 0 saturated carbocycles. The van der Waals surface area contributed by atoms with Crippen LogP contribution < -0.4 is 4.90 Å². The van der Waals surface area contributed by atoms with Gasteiger partial charge in [-0.1, -0.05) is 18.2 Å². The Morgan fingerprint density at radius 3 is 2.80 bits per heavy atom. The molecule has 1 aromatic rings. The number of anilines is 1. The van der Waals surface area contributed by atoms with Crippen LogP contribution in [0.4, 0.5) is 5.69 Å². The molecular weight excluding hydrogens is 254 g/mol. The second kappa shape index (κ2) is 7.08. The van der Waals surface area contributed by atoms with Crippen molar-refractivity contribution in [2.24, 2.45) is 0 Å². The molecule has 1 aliphatic rings. The molecule has 1 aromatic carbocycles. The fraction of sp³-hybridized carbons (Fsp3) is 0.500. The molecule has 0 unspecified atom stereocenters. The van der Waals surface area contributed by atoms with Gasteiger partial charge in [0, 0.05) is 18.7 Å². The smallest absolute Gasteiger partial charge is 0.306 e. The van der Waals surface area contributed by atoms with E-state index in [2.05, 4.69) is 6.07 Å². The standard InChI is InChI=1S/C16H21NO3/c1-2-20-16(19)11-10-15(18)17-12-6-5-8-13-7-3-4-9-14(13)17/h3-4,7,9H,2,5-6,8,10-12H2,1H3. The molecule has 108 valence electrons. The second-order valence-electron chi connectivity index (χ2n) is 4.94. The lowest BCUT2D eigenvalue weighted by Gasteiger charge is -2.22. The van der Waals surface area contributed by atoms with Crippen LogP contribution >= 0.6 is 0 Å². The first-order valence-corrected chi connectivity index (χ1v) is 7.26. The van der Waals surface area contributed by atoms with Crippen LogP contribution in [0.5, 0.6) is 0 Å². The Hall–Kier alpha value is -1.84. The Kier molecular flexibility index (Phi) is 5.16. The Morgan fingerprint density at radius 1 is 1.20 bits per heavy atom. The largest absolute Gasteiger partial charge is 0.466 e. The van der Waals surface area contributed by atoms with Crippen molar-refractivity contribution in [2.45, 2.75) is 39.0 Å². The molecule has 0 aromatic heterocycles. The highest BCUT2D eigenvalue weighted by Gasteiger charge is 2.21. The Bertz CT molecular complexity index is 484. The lowest BCUT2D eigenvalue weighted by molar-refractivity contribution is -0.144. The first-order valence-electron chi connectivity index (χ1n) is 7.26. The predicted molar refractivity (Wildman–Crippen MR) is 77.6 cm³/mol. The summed E-state index contributed by atoms with van der Waals surface area (Å²) in [5.41, 5.74) is 2.22. The van der Waals surface area contributed by atoms with Gasteiger partial charge in [0.25, 0.3) is 0 Å². The summed E-state index contributed by atoms with van der Waals surface area (Å²) in [7, 11) is 0. The number of hydrogen-bond acceptors (Lipinski definition) is 3. The van der Waals surface area contributed by atoms with Crippen molar-refractivity contribution >= 4 is 17.6 Å². The van der Waals surface area contributed by atoms with Crippen molar-refractivity contribution in [3.8, 4) is 0 Å². The van der Waals surface area contributed by atoms with Gasteiger partial charge in [-0.15, -0.1) is 0 Å². The maximum Gasteiger partial charge on any atom is 0.306 e. The number of hydrogen-bond donors (Lipinski definition) is 0. The SMILES string of the molecule is CCOC(=O)CCC(=O)N1CCCCc2ccccc21. The molecule has 4 nitrogen and oxygen atoms in total. The average Bonchev–Trinajstić information content (AvgIpc) is 2.67. The third-order valence-electron chi connectivity index (χ3n) is 3.51. The normalized spacial score (nSPS) is 14.3. The summed E-state index contributed by atoms with van der Waals surface area (Å²) in [4.78, 5) is 25.5. The van der Waals surface area contributed by atoms with Gasteiger partial charge in [-0.2, -0.15) is 0 Å². The summed E-state index contributed by atoms with van der Waals surface area (Å²) in [5.74, 6) is -0.295. The molecule has 0 bridgehead atoms. The van der Waals surface area contributed by atoms with Crippen molar-refractivity contribution in [2.75, 3.05) is 18.1 Å².